The summed E-state index contributed by atoms with van der Waals surface area (Å²) in [6, 6.07) is 3.60. The first-order valence-corrected chi connectivity index (χ1v) is 11.8. The van der Waals surface area contributed by atoms with Crippen LogP contribution in [0.15, 0.2) is 21.7 Å². The highest BCUT2D eigenvalue weighted by Crippen LogP contribution is 2.20. The van der Waals surface area contributed by atoms with Gasteiger partial charge in [0, 0.05) is 6.04 Å². The van der Waals surface area contributed by atoms with Crippen molar-refractivity contribution in [1.29, 1.82) is 0 Å². The fourth-order valence-corrected chi connectivity index (χ4v) is 5.80. The van der Waals surface area contributed by atoms with Gasteiger partial charge in [0.05, 0.1) is 26.2 Å². The zero-order valence-corrected chi connectivity index (χ0v) is 17.7. The quantitative estimate of drug-likeness (QED) is 0.647. The molecule has 0 unspecified atom stereocenters. The molecule has 2 rings (SSSR count). The Bertz CT molecular complexity index is 651. The maximum Gasteiger partial charge on any atom is 0.275 e. The molecule has 26 heavy (non-hydrogen) atoms. The molecule has 6 nitrogen and oxygen atoms in total. The summed E-state index contributed by atoms with van der Waals surface area (Å²) < 4.78 is 27.0. The van der Waals surface area contributed by atoms with E-state index in [1.165, 1.54) is 22.1 Å². The molecule has 1 atom stereocenters. The SMILES string of the molecule is CC(C)CCC[C@@H](C)NC(=O)C[NH+]1CCN(S(=O)(=O)c2cccs2)CC1. The summed E-state index contributed by atoms with van der Waals surface area (Å²) in [5, 5.41) is 4.85. The third kappa shape index (κ3) is 6.33. The van der Waals surface area contributed by atoms with Crippen LogP contribution < -0.4 is 10.2 Å². The molecule has 1 aliphatic heterocycles. The van der Waals surface area contributed by atoms with Crippen molar-refractivity contribution in [3.8, 4) is 0 Å². The summed E-state index contributed by atoms with van der Waals surface area (Å²) in [4.78, 5) is 13.4. The number of rotatable bonds is 9. The van der Waals surface area contributed by atoms with E-state index in [1.807, 2.05) is 0 Å². The monoisotopic (exact) mass is 402 g/mol. The molecule has 0 spiro atoms. The van der Waals surface area contributed by atoms with Gasteiger partial charge in [0.1, 0.15) is 4.21 Å². The Morgan fingerprint density at radius 1 is 1.27 bits per heavy atom. The van der Waals surface area contributed by atoms with Crippen molar-refractivity contribution in [2.45, 2.75) is 50.3 Å². The number of thiophene rings is 1. The van der Waals surface area contributed by atoms with E-state index in [9.17, 15) is 13.2 Å². The zero-order chi connectivity index (χ0) is 19.2. The largest absolute Gasteiger partial charge is 0.349 e. The summed E-state index contributed by atoms with van der Waals surface area (Å²) in [6.07, 6.45) is 3.32. The van der Waals surface area contributed by atoms with Crippen LogP contribution in [0.3, 0.4) is 0 Å². The van der Waals surface area contributed by atoms with Crippen molar-refractivity contribution in [1.82, 2.24) is 9.62 Å². The smallest absolute Gasteiger partial charge is 0.275 e. The molecular formula is C18H32N3O3S2+. The summed E-state index contributed by atoms with van der Waals surface area (Å²) in [5.41, 5.74) is 0. The Morgan fingerprint density at radius 3 is 2.54 bits per heavy atom. The maximum atomic E-state index is 12.5. The first kappa shape index (κ1) is 21.3. The molecule has 1 saturated heterocycles. The average molecular weight is 403 g/mol. The first-order valence-electron chi connectivity index (χ1n) is 9.45. The normalized spacial score (nSPS) is 18.2. The lowest BCUT2D eigenvalue weighted by Crippen LogP contribution is -3.15. The Balaban J connectivity index is 1.72. The fourth-order valence-electron chi connectivity index (χ4n) is 3.21. The van der Waals surface area contributed by atoms with Gasteiger partial charge in [0.2, 0.25) is 0 Å². The highest BCUT2D eigenvalue weighted by atomic mass is 32.2. The molecule has 2 heterocycles. The molecule has 1 fully saturated rings. The number of amides is 1. The summed E-state index contributed by atoms with van der Waals surface area (Å²) in [6.45, 7) is 9.16. The van der Waals surface area contributed by atoms with E-state index in [-0.39, 0.29) is 11.9 Å². The molecule has 2 N–H and O–H groups in total. The number of carbonyl (C=O) groups excluding carboxylic acids is 1. The third-order valence-corrected chi connectivity index (χ3v) is 8.03. The van der Waals surface area contributed by atoms with Gasteiger partial charge in [-0.05, 0) is 30.7 Å². The molecule has 1 amide bonds. The number of hydrogen-bond donors (Lipinski definition) is 2. The highest BCUT2D eigenvalue weighted by Gasteiger charge is 2.31. The second-order valence-electron chi connectivity index (χ2n) is 7.56. The Kier molecular flexibility index (Phi) is 8.06. The van der Waals surface area contributed by atoms with E-state index in [2.05, 4.69) is 26.1 Å². The van der Waals surface area contributed by atoms with Gasteiger partial charge < -0.3 is 10.2 Å². The van der Waals surface area contributed by atoms with Crippen LogP contribution in [0, 0.1) is 5.92 Å². The van der Waals surface area contributed by atoms with E-state index < -0.39 is 10.0 Å². The van der Waals surface area contributed by atoms with E-state index >= 15 is 0 Å². The van der Waals surface area contributed by atoms with Crippen LogP contribution >= 0.6 is 11.3 Å². The number of sulfonamides is 1. The van der Waals surface area contributed by atoms with Crippen LogP contribution in [0.5, 0.6) is 0 Å². The Morgan fingerprint density at radius 2 is 1.96 bits per heavy atom. The molecule has 0 aliphatic carbocycles. The molecule has 0 saturated carbocycles. The van der Waals surface area contributed by atoms with Gasteiger partial charge in [-0.2, -0.15) is 4.31 Å². The lowest BCUT2D eigenvalue weighted by molar-refractivity contribution is -0.895. The van der Waals surface area contributed by atoms with E-state index in [0.29, 0.717) is 42.9 Å². The van der Waals surface area contributed by atoms with Gasteiger partial charge in [-0.3, -0.25) is 4.79 Å². The predicted octanol–water partition coefficient (Wildman–Crippen LogP) is 0.968. The number of hydrogen-bond acceptors (Lipinski definition) is 4. The van der Waals surface area contributed by atoms with E-state index in [4.69, 9.17) is 0 Å². The van der Waals surface area contributed by atoms with Gasteiger partial charge >= 0.3 is 0 Å². The molecule has 148 valence electrons. The molecule has 0 radical (unpaired) electrons. The third-order valence-electron chi connectivity index (χ3n) is 4.76. The van der Waals surface area contributed by atoms with Crippen molar-refractivity contribution < 1.29 is 18.1 Å². The van der Waals surface area contributed by atoms with Crippen LogP contribution in [0.25, 0.3) is 0 Å². The van der Waals surface area contributed by atoms with Gasteiger partial charge in [-0.15, -0.1) is 11.3 Å². The van der Waals surface area contributed by atoms with Gasteiger partial charge in [0.15, 0.2) is 6.54 Å². The topological polar surface area (TPSA) is 70.9 Å². The van der Waals surface area contributed by atoms with Gasteiger partial charge in [-0.25, -0.2) is 8.42 Å². The van der Waals surface area contributed by atoms with Crippen LogP contribution in [-0.4, -0.2) is 57.4 Å². The lowest BCUT2D eigenvalue weighted by Gasteiger charge is -2.31. The summed E-state index contributed by atoms with van der Waals surface area (Å²) in [7, 11) is -3.37. The van der Waals surface area contributed by atoms with Crippen LogP contribution in [0.2, 0.25) is 0 Å². The number of nitrogens with one attached hydrogen (secondary N) is 2. The number of quaternary nitrogens is 1. The van der Waals surface area contributed by atoms with E-state index in [0.717, 1.165) is 17.7 Å². The van der Waals surface area contributed by atoms with Crippen molar-refractivity contribution in [3.63, 3.8) is 0 Å². The average Bonchev–Trinajstić information content (AvgIpc) is 3.10. The Labute approximate surface area is 161 Å². The zero-order valence-electron chi connectivity index (χ0n) is 16.0. The van der Waals surface area contributed by atoms with Crippen LogP contribution in [0.4, 0.5) is 0 Å². The Hall–Kier alpha value is -0.960. The van der Waals surface area contributed by atoms with Crippen molar-refractivity contribution in [2.75, 3.05) is 32.7 Å². The lowest BCUT2D eigenvalue weighted by atomic mass is 10.0. The second kappa shape index (κ2) is 9.82. The molecule has 8 heteroatoms. The predicted molar refractivity (Wildman–Crippen MR) is 105 cm³/mol. The maximum absolute atomic E-state index is 12.5. The van der Waals surface area contributed by atoms with Gasteiger partial charge in [-0.1, -0.05) is 32.8 Å². The minimum absolute atomic E-state index is 0.0617. The van der Waals surface area contributed by atoms with Crippen LogP contribution in [0.1, 0.15) is 40.0 Å². The van der Waals surface area contributed by atoms with Crippen LogP contribution in [-0.2, 0) is 14.8 Å². The van der Waals surface area contributed by atoms with Crippen molar-refractivity contribution in [2.24, 2.45) is 5.92 Å². The number of carbonyl (C=O) groups is 1. The molecule has 0 aromatic carbocycles. The summed E-state index contributed by atoms with van der Waals surface area (Å²) in [5.74, 6) is 0.760. The first-order chi connectivity index (χ1) is 12.3. The standard InChI is InChI=1S/C18H31N3O3S2/c1-15(2)6-4-7-16(3)19-17(22)14-20-9-11-21(12-10-20)26(23,24)18-8-5-13-25-18/h5,8,13,15-16H,4,6-7,9-12,14H2,1-3H3,(H,19,22)/p+1/t16-/m1/s1. The molecule has 1 aromatic heterocycles. The minimum atomic E-state index is -3.37. The van der Waals surface area contributed by atoms with E-state index in [1.54, 1.807) is 17.5 Å². The molecule has 1 aromatic rings. The number of piperazine rings is 1. The highest BCUT2D eigenvalue weighted by molar-refractivity contribution is 7.91. The minimum Gasteiger partial charge on any atom is -0.349 e. The fraction of sp³-hybridized carbons (Fsp3) is 0.722. The second-order valence-corrected chi connectivity index (χ2v) is 10.7. The van der Waals surface area contributed by atoms with Gasteiger partial charge in [0.25, 0.3) is 15.9 Å². The summed E-state index contributed by atoms with van der Waals surface area (Å²) >= 11 is 1.25. The molecule has 0 bridgehead atoms. The molecular weight excluding hydrogens is 370 g/mol. The number of nitrogens with zero attached hydrogens (tertiary/aromatic N) is 1. The van der Waals surface area contributed by atoms with Crippen molar-refractivity contribution in [3.05, 3.63) is 17.5 Å². The van der Waals surface area contributed by atoms with Crippen molar-refractivity contribution >= 4 is 27.3 Å². The molecule has 1 aliphatic rings.